The average Bonchev–Trinajstić information content (AvgIpc) is 3.25. The number of nitrogens with one attached hydrogen (secondary N) is 1. The van der Waals surface area contributed by atoms with E-state index in [4.69, 9.17) is 11.6 Å². The largest absolute Gasteiger partial charge is 0.370 e. The number of hydrogen-bond donors (Lipinski definition) is 2. The fourth-order valence-corrected chi connectivity index (χ4v) is 3.96. The molecule has 32 heavy (non-hydrogen) atoms. The molecule has 4 rings (SSSR count). The maximum atomic E-state index is 13.1. The van der Waals surface area contributed by atoms with Crippen LogP contribution in [0.4, 0.5) is 10.3 Å². The molecule has 0 atom stereocenters. The van der Waals surface area contributed by atoms with Crippen LogP contribution in [0.25, 0.3) is 5.57 Å². The van der Waals surface area contributed by atoms with Crippen molar-refractivity contribution in [3.8, 4) is 0 Å². The van der Waals surface area contributed by atoms with Gasteiger partial charge in [0.2, 0.25) is 11.9 Å². The van der Waals surface area contributed by atoms with E-state index >= 15 is 0 Å². The molecule has 2 heterocycles. The van der Waals surface area contributed by atoms with Gasteiger partial charge >= 0.3 is 0 Å². The molecule has 2 aliphatic rings. The van der Waals surface area contributed by atoms with Gasteiger partial charge in [-0.2, -0.15) is 0 Å². The summed E-state index contributed by atoms with van der Waals surface area (Å²) in [5.74, 6) is -0.255. The lowest BCUT2D eigenvalue weighted by atomic mass is 9.96. The van der Waals surface area contributed by atoms with E-state index in [1.807, 2.05) is 6.08 Å². The quantitative estimate of drug-likeness (QED) is 0.718. The molecule has 1 aromatic carbocycles. The summed E-state index contributed by atoms with van der Waals surface area (Å²) in [5.41, 5.74) is 6.49. The highest BCUT2D eigenvalue weighted by atomic mass is 35.5. The number of amides is 2. The smallest absolute Gasteiger partial charge is 0.254 e. The van der Waals surface area contributed by atoms with Crippen molar-refractivity contribution in [1.82, 2.24) is 14.9 Å². The van der Waals surface area contributed by atoms with Crippen LogP contribution in [0.15, 0.2) is 36.5 Å². The SMILES string of the molecule is CC(N)=O.O=C(c1ccc(F)cc1)N1CC=C(c2nc(NC3CCCCC3)ncc2Cl)C1. The van der Waals surface area contributed by atoms with Gasteiger partial charge in [0.1, 0.15) is 5.82 Å². The molecule has 9 heteroatoms. The summed E-state index contributed by atoms with van der Waals surface area (Å²) in [4.78, 5) is 32.5. The summed E-state index contributed by atoms with van der Waals surface area (Å²) in [6, 6.07) is 5.99. The van der Waals surface area contributed by atoms with Crippen LogP contribution in [0.3, 0.4) is 0 Å². The Morgan fingerprint density at radius 2 is 1.84 bits per heavy atom. The maximum absolute atomic E-state index is 13.1. The van der Waals surface area contributed by atoms with Crippen molar-refractivity contribution < 1.29 is 14.0 Å². The Balaban J connectivity index is 0.000000668. The normalized spacial score (nSPS) is 16.1. The number of primary amides is 1. The minimum atomic E-state index is -0.359. The molecule has 0 radical (unpaired) electrons. The van der Waals surface area contributed by atoms with Crippen molar-refractivity contribution in [3.05, 3.63) is 58.6 Å². The number of hydrogen-bond acceptors (Lipinski definition) is 5. The Hall–Kier alpha value is -3.00. The first kappa shape index (κ1) is 23.7. The van der Waals surface area contributed by atoms with E-state index in [1.165, 1.54) is 50.5 Å². The summed E-state index contributed by atoms with van der Waals surface area (Å²) < 4.78 is 13.1. The zero-order chi connectivity index (χ0) is 23.1. The van der Waals surface area contributed by atoms with Crippen LogP contribution < -0.4 is 11.1 Å². The van der Waals surface area contributed by atoms with Gasteiger partial charge in [-0.3, -0.25) is 9.59 Å². The monoisotopic (exact) mass is 459 g/mol. The van der Waals surface area contributed by atoms with E-state index in [2.05, 4.69) is 21.0 Å². The molecule has 0 spiro atoms. The van der Waals surface area contributed by atoms with Crippen molar-refractivity contribution in [2.75, 3.05) is 18.4 Å². The van der Waals surface area contributed by atoms with Crippen LogP contribution in [-0.2, 0) is 4.79 Å². The van der Waals surface area contributed by atoms with Crippen LogP contribution in [0, 0.1) is 5.82 Å². The molecule has 2 aromatic rings. The molecule has 3 N–H and O–H groups in total. The van der Waals surface area contributed by atoms with E-state index in [9.17, 15) is 14.0 Å². The summed E-state index contributed by atoms with van der Waals surface area (Å²) >= 11 is 6.34. The second-order valence-corrected chi connectivity index (χ2v) is 8.31. The number of rotatable bonds is 4. The van der Waals surface area contributed by atoms with Gasteiger partial charge in [0.15, 0.2) is 0 Å². The molecule has 1 fully saturated rings. The van der Waals surface area contributed by atoms with Gasteiger partial charge in [-0.1, -0.05) is 36.9 Å². The molecule has 7 nitrogen and oxygen atoms in total. The number of anilines is 1. The van der Waals surface area contributed by atoms with Crippen LogP contribution in [0.1, 0.15) is 55.1 Å². The topological polar surface area (TPSA) is 101 Å². The predicted molar refractivity (Wildman–Crippen MR) is 123 cm³/mol. The fraction of sp³-hybridized carbons (Fsp3) is 0.391. The average molecular weight is 460 g/mol. The molecule has 1 saturated carbocycles. The molecular formula is C23H27ClFN5O2. The minimum Gasteiger partial charge on any atom is -0.370 e. The van der Waals surface area contributed by atoms with Crippen LogP contribution >= 0.6 is 11.6 Å². The predicted octanol–water partition coefficient (Wildman–Crippen LogP) is 4.04. The van der Waals surface area contributed by atoms with Gasteiger partial charge in [-0.05, 0) is 42.7 Å². The molecule has 0 saturated heterocycles. The van der Waals surface area contributed by atoms with E-state index in [1.54, 1.807) is 11.1 Å². The lowest BCUT2D eigenvalue weighted by Crippen LogP contribution is -2.29. The van der Waals surface area contributed by atoms with Gasteiger partial charge in [-0.15, -0.1) is 0 Å². The third-order valence-electron chi connectivity index (χ3n) is 5.28. The Morgan fingerprint density at radius 3 is 2.50 bits per heavy atom. The Bertz CT molecular complexity index is 986. The van der Waals surface area contributed by atoms with Gasteiger partial charge in [0.25, 0.3) is 5.91 Å². The Labute approximate surface area is 191 Å². The number of carbonyl (C=O) groups is 2. The van der Waals surface area contributed by atoms with E-state index in [0.717, 1.165) is 18.4 Å². The molecule has 1 aliphatic heterocycles. The van der Waals surface area contributed by atoms with Crippen LogP contribution in [-0.4, -0.2) is 45.8 Å². The molecule has 1 aliphatic carbocycles. The van der Waals surface area contributed by atoms with Crippen molar-refractivity contribution in [3.63, 3.8) is 0 Å². The lowest BCUT2D eigenvalue weighted by Gasteiger charge is -2.23. The summed E-state index contributed by atoms with van der Waals surface area (Å²) in [6.45, 7) is 2.19. The summed E-state index contributed by atoms with van der Waals surface area (Å²) in [6.07, 6.45) is 9.57. The first-order chi connectivity index (χ1) is 15.3. The number of halogens is 2. The third kappa shape index (κ3) is 6.50. The Kier molecular flexibility index (Phi) is 8.16. The van der Waals surface area contributed by atoms with Gasteiger partial charge in [0.05, 0.1) is 16.9 Å². The zero-order valence-electron chi connectivity index (χ0n) is 18.0. The standard InChI is InChI=1S/C21H22ClFN4O.C2H5NO/c22-18-12-24-21(25-17-4-2-1-3-5-17)26-19(18)15-10-11-27(13-15)20(28)14-6-8-16(23)9-7-14;1-2(3)4/h6-10,12,17H,1-5,11,13H2,(H,24,25,26);1H3,(H2,3,4). The minimum absolute atomic E-state index is 0.142. The molecule has 2 amide bonds. The third-order valence-corrected chi connectivity index (χ3v) is 5.56. The number of aromatic nitrogens is 2. The highest BCUT2D eigenvalue weighted by molar-refractivity contribution is 6.32. The van der Waals surface area contributed by atoms with Gasteiger partial charge in [0, 0.05) is 31.6 Å². The van der Waals surface area contributed by atoms with Crippen molar-refractivity contribution in [2.24, 2.45) is 5.73 Å². The lowest BCUT2D eigenvalue weighted by molar-refractivity contribution is -0.115. The molecule has 0 unspecified atom stereocenters. The van der Waals surface area contributed by atoms with E-state index < -0.39 is 0 Å². The maximum Gasteiger partial charge on any atom is 0.254 e. The first-order valence-electron chi connectivity index (χ1n) is 10.6. The van der Waals surface area contributed by atoms with Gasteiger partial charge < -0.3 is 16.0 Å². The second-order valence-electron chi connectivity index (χ2n) is 7.90. The number of nitrogens with two attached hydrogens (primary N) is 1. The number of benzene rings is 1. The van der Waals surface area contributed by atoms with Crippen molar-refractivity contribution >= 4 is 34.9 Å². The highest BCUT2D eigenvalue weighted by Crippen LogP contribution is 2.28. The Morgan fingerprint density at radius 1 is 1.19 bits per heavy atom. The van der Waals surface area contributed by atoms with Crippen LogP contribution in [0.5, 0.6) is 0 Å². The zero-order valence-corrected chi connectivity index (χ0v) is 18.7. The first-order valence-corrected chi connectivity index (χ1v) is 11.0. The van der Waals surface area contributed by atoms with Crippen molar-refractivity contribution in [1.29, 1.82) is 0 Å². The number of carbonyl (C=O) groups excluding carboxylic acids is 2. The number of nitrogens with zero attached hydrogens (tertiary/aromatic N) is 3. The summed E-state index contributed by atoms with van der Waals surface area (Å²) in [5, 5.41) is 3.88. The van der Waals surface area contributed by atoms with Crippen molar-refractivity contribution in [2.45, 2.75) is 45.1 Å². The summed E-state index contributed by atoms with van der Waals surface area (Å²) in [7, 11) is 0. The van der Waals surface area contributed by atoms with E-state index in [-0.39, 0.29) is 17.6 Å². The molecule has 1 aromatic heterocycles. The molecule has 170 valence electrons. The highest BCUT2D eigenvalue weighted by Gasteiger charge is 2.24. The van der Waals surface area contributed by atoms with Gasteiger partial charge in [-0.25, -0.2) is 14.4 Å². The second kappa shape index (κ2) is 11.0. The van der Waals surface area contributed by atoms with E-state index in [0.29, 0.717) is 41.4 Å². The molecule has 0 bridgehead atoms. The fourth-order valence-electron chi connectivity index (χ4n) is 3.75. The van der Waals surface area contributed by atoms with Crippen LogP contribution in [0.2, 0.25) is 5.02 Å². The molecular weight excluding hydrogens is 433 g/mol.